The Bertz CT molecular complexity index is 917. The van der Waals surface area contributed by atoms with Crippen molar-refractivity contribution in [2.45, 2.75) is 25.7 Å². The van der Waals surface area contributed by atoms with Crippen molar-refractivity contribution in [2.24, 2.45) is 0 Å². The van der Waals surface area contributed by atoms with Gasteiger partial charge in [0.05, 0.1) is 6.42 Å². The third kappa shape index (κ3) is 5.85. The Labute approximate surface area is 174 Å². The Morgan fingerprint density at radius 3 is 2.57 bits per heavy atom. The van der Waals surface area contributed by atoms with Crippen LogP contribution in [0.5, 0.6) is 11.5 Å². The molecule has 0 atom stereocenters. The van der Waals surface area contributed by atoms with Crippen molar-refractivity contribution in [2.75, 3.05) is 26.4 Å². The predicted octanol–water partition coefficient (Wildman–Crippen LogP) is 2.49. The molecule has 0 aromatic heterocycles. The summed E-state index contributed by atoms with van der Waals surface area (Å²) in [7, 11) is 0. The Morgan fingerprint density at radius 2 is 1.77 bits per heavy atom. The number of fused-ring (bicyclic) bond motifs is 1. The third-order valence-corrected chi connectivity index (χ3v) is 4.83. The molecule has 0 radical (unpaired) electrons. The summed E-state index contributed by atoms with van der Waals surface area (Å²) in [5.74, 6) is 0.827. The highest BCUT2D eigenvalue weighted by molar-refractivity contribution is 5.78. The molecule has 30 heavy (non-hydrogen) atoms. The largest absolute Gasteiger partial charge is 0.454 e. The molecule has 3 rings (SSSR count). The molecule has 0 spiro atoms. The third-order valence-electron chi connectivity index (χ3n) is 4.83. The van der Waals surface area contributed by atoms with Gasteiger partial charge in [-0.05, 0) is 35.4 Å². The second-order valence-electron chi connectivity index (χ2n) is 7.72. The standard InChI is InChI=1S/C22H26FN3O4/c1-22(2,16-6-7-18-19(12-16)30-14-29-18)13-26-21(28)25-9-8-24-20(27)11-15-4-3-5-17(23)10-15/h3-7,10,12H,8-9,11,13-14H2,1-2H3,(H,24,27)(H2,25,26,28). The first-order valence-electron chi connectivity index (χ1n) is 9.76. The molecule has 160 valence electrons. The van der Waals surface area contributed by atoms with E-state index in [1.165, 1.54) is 12.1 Å². The summed E-state index contributed by atoms with van der Waals surface area (Å²) in [6.45, 7) is 5.26. The molecule has 0 unspecified atom stereocenters. The summed E-state index contributed by atoms with van der Waals surface area (Å²) >= 11 is 0. The van der Waals surface area contributed by atoms with Gasteiger partial charge in [-0.2, -0.15) is 0 Å². The number of carbonyl (C=O) groups excluding carboxylic acids is 2. The van der Waals surface area contributed by atoms with Gasteiger partial charge in [0, 0.05) is 25.0 Å². The van der Waals surface area contributed by atoms with Crippen molar-refractivity contribution in [3.8, 4) is 11.5 Å². The number of hydrogen-bond donors (Lipinski definition) is 3. The number of halogens is 1. The molecule has 0 saturated heterocycles. The molecule has 0 fully saturated rings. The van der Waals surface area contributed by atoms with Gasteiger partial charge in [0.2, 0.25) is 12.7 Å². The predicted molar refractivity (Wildman–Crippen MR) is 110 cm³/mol. The highest BCUT2D eigenvalue weighted by Gasteiger charge is 2.24. The first-order valence-corrected chi connectivity index (χ1v) is 9.76. The van der Waals surface area contributed by atoms with Gasteiger partial charge in [0.15, 0.2) is 11.5 Å². The summed E-state index contributed by atoms with van der Waals surface area (Å²) in [6.07, 6.45) is 0.0910. The fourth-order valence-corrected chi connectivity index (χ4v) is 3.06. The minimum absolute atomic E-state index is 0.0910. The van der Waals surface area contributed by atoms with E-state index in [2.05, 4.69) is 16.0 Å². The Hall–Kier alpha value is -3.29. The molecular formula is C22H26FN3O4. The topological polar surface area (TPSA) is 88.7 Å². The fourth-order valence-electron chi connectivity index (χ4n) is 3.06. The quantitative estimate of drug-likeness (QED) is 0.578. The molecule has 1 aliphatic rings. The lowest BCUT2D eigenvalue weighted by Gasteiger charge is -2.26. The number of ether oxygens (including phenoxy) is 2. The van der Waals surface area contributed by atoms with E-state index in [4.69, 9.17) is 9.47 Å². The van der Waals surface area contributed by atoms with E-state index in [0.717, 1.165) is 11.3 Å². The van der Waals surface area contributed by atoms with E-state index in [0.29, 0.717) is 17.9 Å². The van der Waals surface area contributed by atoms with Gasteiger partial charge >= 0.3 is 6.03 Å². The zero-order valence-electron chi connectivity index (χ0n) is 17.1. The summed E-state index contributed by atoms with van der Waals surface area (Å²) in [6, 6.07) is 11.3. The van der Waals surface area contributed by atoms with Crippen LogP contribution >= 0.6 is 0 Å². The second-order valence-corrected chi connectivity index (χ2v) is 7.72. The Morgan fingerprint density at radius 1 is 1.00 bits per heavy atom. The lowest BCUT2D eigenvalue weighted by Crippen LogP contribution is -2.44. The number of rotatable bonds is 8. The van der Waals surface area contributed by atoms with Crippen LogP contribution in [0.25, 0.3) is 0 Å². The monoisotopic (exact) mass is 415 g/mol. The van der Waals surface area contributed by atoms with E-state index >= 15 is 0 Å². The Balaban J connectivity index is 1.36. The minimum Gasteiger partial charge on any atom is -0.454 e. The molecule has 3 amide bonds. The maximum absolute atomic E-state index is 13.1. The Kier molecular flexibility index (Phi) is 6.76. The van der Waals surface area contributed by atoms with Gasteiger partial charge in [-0.1, -0.05) is 32.0 Å². The van der Waals surface area contributed by atoms with Gasteiger partial charge in [-0.3, -0.25) is 4.79 Å². The van der Waals surface area contributed by atoms with Crippen molar-refractivity contribution in [3.05, 3.63) is 59.4 Å². The number of urea groups is 1. The second kappa shape index (κ2) is 9.47. The highest BCUT2D eigenvalue weighted by Crippen LogP contribution is 2.36. The van der Waals surface area contributed by atoms with Crippen LogP contribution in [0.4, 0.5) is 9.18 Å². The highest BCUT2D eigenvalue weighted by atomic mass is 19.1. The SMILES string of the molecule is CC(C)(CNC(=O)NCCNC(=O)Cc1cccc(F)c1)c1ccc2c(c1)OCO2. The van der Waals surface area contributed by atoms with Crippen LogP contribution in [0.15, 0.2) is 42.5 Å². The van der Waals surface area contributed by atoms with Crippen molar-refractivity contribution >= 4 is 11.9 Å². The molecule has 3 N–H and O–H groups in total. The molecule has 0 bridgehead atoms. The van der Waals surface area contributed by atoms with E-state index in [1.54, 1.807) is 12.1 Å². The first-order chi connectivity index (χ1) is 14.3. The molecule has 0 saturated carbocycles. The van der Waals surface area contributed by atoms with Crippen LogP contribution in [0.2, 0.25) is 0 Å². The number of nitrogens with one attached hydrogen (secondary N) is 3. The van der Waals surface area contributed by atoms with Crippen LogP contribution in [0.1, 0.15) is 25.0 Å². The molecule has 0 aliphatic carbocycles. The van der Waals surface area contributed by atoms with Crippen LogP contribution in [0, 0.1) is 5.82 Å². The maximum atomic E-state index is 13.1. The zero-order valence-corrected chi connectivity index (χ0v) is 17.1. The van der Waals surface area contributed by atoms with Crippen LogP contribution in [-0.2, 0) is 16.6 Å². The molecule has 8 heteroatoms. The summed E-state index contributed by atoms with van der Waals surface area (Å²) in [5.41, 5.74) is 1.32. The molecular weight excluding hydrogens is 389 g/mol. The zero-order chi connectivity index (χ0) is 21.6. The fraction of sp³-hybridized carbons (Fsp3) is 0.364. The van der Waals surface area contributed by atoms with E-state index in [9.17, 15) is 14.0 Å². The van der Waals surface area contributed by atoms with Gasteiger partial charge in [-0.25, -0.2) is 9.18 Å². The van der Waals surface area contributed by atoms with Crippen LogP contribution < -0.4 is 25.4 Å². The van der Waals surface area contributed by atoms with E-state index in [1.807, 2.05) is 32.0 Å². The normalized spacial score (nSPS) is 12.4. The smallest absolute Gasteiger partial charge is 0.314 e. The van der Waals surface area contributed by atoms with Gasteiger partial charge in [0.25, 0.3) is 0 Å². The van der Waals surface area contributed by atoms with Crippen LogP contribution in [0.3, 0.4) is 0 Å². The van der Waals surface area contributed by atoms with E-state index in [-0.39, 0.29) is 49.5 Å². The van der Waals surface area contributed by atoms with Crippen molar-refractivity contribution < 1.29 is 23.5 Å². The molecule has 1 aliphatic heterocycles. The number of hydrogen-bond acceptors (Lipinski definition) is 4. The minimum atomic E-state index is -0.373. The van der Waals surface area contributed by atoms with Gasteiger partial charge in [0.1, 0.15) is 5.82 Å². The van der Waals surface area contributed by atoms with Gasteiger partial charge in [-0.15, -0.1) is 0 Å². The van der Waals surface area contributed by atoms with Gasteiger partial charge < -0.3 is 25.4 Å². The van der Waals surface area contributed by atoms with Crippen molar-refractivity contribution in [1.82, 2.24) is 16.0 Å². The van der Waals surface area contributed by atoms with Crippen molar-refractivity contribution in [3.63, 3.8) is 0 Å². The molecule has 2 aromatic rings. The van der Waals surface area contributed by atoms with E-state index < -0.39 is 0 Å². The molecule has 7 nitrogen and oxygen atoms in total. The first kappa shape index (κ1) is 21.4. The summed E-state index contributed by atoms with van der Waals surface area (Å²) < 4.78 is 23.9. The number of carbonyl (C=O) groups is 2. The molecule has 2 aromatic carbocycles. The average molecular weight is 415 g/mol. The average Bonchev–Trinajstić information content (AvgIpc) is 3.18. The number of amides is 3. The summed E-state index contributed by atoms with van der Waals surface area (Å²) in [5, 5.41) is 8.25. The maximum Gasteiger partial charge on any atom is 0.314 e. The summed E-state index contributed by atoms with van der Waals surface area (Å²) in [4.78, 5) is 23.9. The lowest BCUT2D eigenvalue weighted by molar-refractivity contribution is -0.120. The molecule has 1 heterocycles. The number of benzene rings is 2. The van der Waals surface area contributed by atoms with Crippen molar-refractivity contribution in [1.29, 1.82) is 0 Å². The lowest BCUT2D eigenvalue weighted by atomic mass is 9.84. The van der Waals surface area contributed by atoms with Crippen LogP contribution in [-0.4, -0.2) is 38.4 Å².